The van der Waals surface area contributed by atoms with Gasteiger partial charge < -0.3 is 15.3 Å². The van der Waals surface area contributed by atoms with Gasteiger partial charge in [0.15, 0.2) is 0 Å². The van der Waals surface area contributed by atoms with Crippen molar-refractivity contribution in [2.75, 3.05) is 0 Å². The van der Waals surface area contributed by atoms with Gasteiger partial charge in [-0.3, -0.25) is 9.59 Å². The first-order valence-electron chi connectivity index (χ1n) is 5.90. The second-order valence-electron chi connectivity index (χ2n) is 4.47. The van der Waals surface area contributed by atoms with E-state index in [4.69, 9.17) is 23.2 Å². The lowest BCUT2D eigenvalue weighted by atomic mass is 10.1. The van der Waals surface area contributed by atoms with Crippen LogP contribution in [0, 0.1) is 13.8 Å². The molecular formula is C13H13Cl2N3O2. The summed E-state index contributed by atoms with van der Waals surface area (Å²) in [6.45, 7) is 3.76. The molecule has 0 fully saturated rings. The monoisotopic (exact) mass is 313 g/mol. The van der Waals surface area contributed by atoms with Crippen LogP contribution in [0.25, 0.3) is 0 Å². The van der Waals surface area contributed by atoms with Crippen LogP contribution in [0.1, 0.15) is 27.3 Å². The molecule has 0 aliphatic carbocycles. The number of aromatic amines is 2. The lowest BCUT2D eigenvalue weighted by Crippen LogP contribution is -2.28. The number of halogens is 2. The Bertz CT molecular complexity index is 699. The summed E-state index contributed by atoms with van der Waals surface area (Å²) < 4.78 is 0. The Balaban J connectivity index is 2.13. The van der Waals surface area contributed by atoms with E-state index in [0.717, 1.165) is 11.3 Å². The van der Waals surface area contributed by atoms with Crippen LogP contribution in [0.3, 0.4) is 0 Å². The predicted molar refractivity (Wildman–Crippen MR) is 78.5 cm³/mol. The zero-order chi connectivity index (χ0) is 14.9. The molecule has 0 saturated carbocycles. The number of hydrogen-bond donors (Lipinski definition) is 3. The molecule has 106 valence electrons. The molecule has 0 saturated heterocycles. The maximum atomic E-state index is 11.9. The van der Waals surface area contributed by atoms with Crippen molar-refractivity contribution in [2.24, 2.45) is 0 Å². The minimum atomic E-state index is -0.377. The fraction of sp³-hybridized carbons (Fsp3) is 0.231. The van der Waals surface area contributed by atoms with Crippen molar-refractivity contribution < 1.29 is 4.79 Å². The summed E-state index contributed by atoms with van der Waals surface area (Å²) in [7, 11) is 0. The number of H-pyrrole nitrogens is 2. The molecule has 0 aliphatic heterocycles. The van der Waals surface area contributed by atoms with Crippen LogP contribution < -0.4 is 10.9 Å². The molecule has 2 aromatic rings. The molecule has 1 amide bonds. The van der Waals surface area contributed by atoms with Gasteiger partial charge in [-0.25, -0.2) is 0 Å². The second-order valence-corrected chi connectivity index (χ2v) is 5.26. The lowest BCUT2D eigenvalue weighted by molar-refractivity contribution is 0.0946. The third kappa shape index (κ3) is 3.05. The van der Waals surface area contributed by atoms with E-state index < -0.39 is 0 Å². The Kier molecular flexibility index (Phi) is 4.20. The number of aromatic nitrogens is 2. The number of rotatable bonds is 3. The maximum absolute atomic E-state index is 11.9. The third-order valence-corrected chi connectivity index (χ3v) is 3.58. The first-order chi connectivity index (χ1) is 9.38. The Morgan fingerprint density at radius 1 is 1.25 bits per heavy atom. The van der Waals surface area contributed by atoms with Crippen LogP contribution in [0.5, 0.6) is 0 Å². The molecule has 5 nitrogen and oxygen atoms in total. The van der Waals surface area contributed by atoms with Gasteiger partial charge >= 0.3 is 0 Å². The van der Waals surface area contributed by atoms with Crippen molar-refractivity contribution in [3.8, 4) is 0 Å². The molecule has 20 heavy (non-hydrogen) atoms. The van der Waals surface area contributed by atoms with Crippen molar-refractivity contribution >= 4 is 29.1 Å². The number of amides is 1. The molecule has 0 spiro atoms. The number of carbonyl (C=O) groups excluding carboxylic acids is 1. The number of aryl methyl sites for hydroxylation is 2. The highest BCUT2D eigenvalue weighted by molar-refractivity contribution is 6.41. The molecule has 2 aromatic heterocycles. The van der Waals surface area contributed by atoms with Crippen LogP contribution in [0.4, 0.5) is 0 Å². The zero-order valence-electron chi connectivity index (χ0n) is 10.9. The van der Waals surface area contributed by atoms with E-state index >= 15 is 0 Å². The van der Waals surface area contributed by atoms with Gasteiger partial charge in [-0.1, -0.05) is 23.2 Å². The van der Waals surface area contributed by atoms with Gasteiger partial charge in [0.25, 0.3) is 11.5 Å². The second kappa shape index (κ2) is 5.73. The van der Waals surface area contributed by atoms with Gasteiger partial charge in [0.05, 0.1) is 5.02 Å². The summed E-state index contributed by atoms with van der Waals surface area (Å²) in [5.74, 6) is -0.377. The first kappa shape index (κ1) is 14.7. The summed E-state index contributed by atoms with van der Waals surface area (Å²) in [4.78, 5) is 29.1. The highest BCUT2D eigenvalue weighted by Crippen LogP contribution is 2.21. The van der Waals surface area contributed by atoms with E-state index in [-0.39, 0.29) is 33.9 Å². The molecule has 0 unspecified atom stereocenters. The Hall–Kier alpha value is -1.72. The van der Waals surface area contributed by atoms with Gasteiger partial charge in [-0.2, -0.15) is 0 Å². The van der Waals surface area contributed by atoms with Gasteiger partial charge in [-0.05, 0) is 31.5 Å². The third-order valence-electron chi connectivity index (χ3n) is 2.89. The highest BCUT2D eigenvalue weighted by atomic mass is 35.5. The van der Waals surface area contributed by atoms with Gasteiger partial charge in [-0.15, -0.1) is 0 Å². The minimum Gasteiger partial charge on any atom is -0.346 e. The van der Waals surface area contributed by atoms with Crippen LogP contribution in [0.15, 0.2) is 16.9 Å². The van der Waals surface area contributed by atoms with Crippen LogP contribution >= 0.6 is 23.2 Å². The standard InChI is InChI=1S/C13H13Cl2N3O2/c1-6-3-7(2)17-12(19)8(6)5-16-13(20)10-4-9(14)11(15)18-10/h3-4,18H,5H2,1-2H3,(H,16,20)(H,17,19). The molecule has 0 bridgehead atoms. The first-order valence-corrected chi connectivity index (χ1v) is 6.65. The zero-order valence-corrected chi connectivity index (χ0v) is 12.4. The summed E-state index contributed by atoms with van der Waals surface area (Å²) in [6, 6.07) is 3.29. The van der Waals surface area contributed by atoms with Gasteiger partial charge in [0, 0.05) is 17.8 Å². The molecule has 0 atom stereocenters. The van der Waals surface area contributed by atoms with Crippen LogP contribution in [0.2, 0.25) is 10.2 Å². The van der Waals surface area contributed by atoms with Crippen molar-refractivity contribution in [1.82, 2.24) is 15.3 Å². The number of pyridine rings is 1. The lowest BCUT2D eigenvalue weighted by Gasteiger charge is -2.07. The molecule has 0 aliphatic rings. The average Bonchev–Trinajstić information content (AvgIpc) is 2.68. The summed E-state index contributed by atoms with van der Waals surface area (Å²) >= 11 is 11.5. The van der Waals surface area contributed by atoms with Crippen molar-refractivity contribution in [3.63, 3.8) is 0 Å². The smallest absolute Gasteiger partial charge is 0.268 e. The number of hydrogen-bond acceptors (Lipinski definition) is 2. The molecule has 2 heterocycles. The fourth-order valence-electron chi connectivity index (χ4n) is 1.89. The Morgan fingerprint density at radius 2 is 1.95 bits per heavy atom. The van der Waals surface area contributed by atoms with E-state index in [1.165, 1.54) is 6.07 Å². The average molecular weight is 314 g/mol. The molecule has 0 radical (unpaired) electrons. The summed E-state index contributed by atoms with van der Waals surface area (Å²) in [6.07, 6.45) is 0. The summed E-state index contributed by atoms with van der Waals surface area (Å²) in [5.41, 5.74) is 2.18. The van der Waals surface area contributed by atoms with Crippen molar-refractivity contribution in [3.05, 3.63) is 55.2 Å². The van der Waals surface area contributed by atoms with E-state index in [2.05, 4.69) is 15.3 Å². The highest BCUT2D eigenvalue weighted by Gasteiger charge is 2.13. The largest absolute Gasteiger partial charge is 0.346 e. The Labute approximate surface area is 125 Å². The van der Waals surface area contributed by atoms with Crippen LogP contribution in [-0.2, 0) is 6.54 Å². The number of nitrogens with one attached hydrogen (secondary N) is 3. The SMILES string of the molecule is Cc1cc(C)c(CNC(=O)c2cc(Cl)c(Cl)[nH]2)c(=O)[nH]1. The van der Waals surface area contributed by atoms with Crippen molar-refractivity contribution in [1.29, 1.82) is 0 Å². The fourth-order valence-corrected chi connectivity index (χ4v) is 2.20. The van der Waals surface area contributed by atoms with Gasteiger partial charge in [0.1, 0.15) is 10.8 Å². The molecule has 7 heteroatoms. The van der Waals surface area contributed by atoms with E-state index in [9.17, 15) is 9.59 Å². The molecule has 0 aromatic carbocycles. The maximum Gasteiger partial charge on any atom is 0.268 e. The molecular weight excluding hydrogens is 301 g/mol. The normalized spacial score (nSPS) is 10.6. The predicted octanol–water partition coefficient (Wildman–Crippen LogP) is 2.56. The van der Waals surface area contributed by atoms with E-state index in [1.807, 2.05) is 13.0 Å². The van der Waals surface area contributed by atoms with Crippen molar-refractivity contribution in [2.45, 2.75) is 20.4 Å². The quantitative estimate of drug-likeness (QED) is 0.814. The van der Waals surface area contributed by atoms with E-state index in [1.54, 1.807) is 6.92 Å². The number of carbonyl (C=O) groups is 1. The van der Waals surface area contributed by atoms with Crippen LogP contribution in [-0.4, -0.2) is 15.9 Å². The molecule has 3 N–H and O–H groups in total. The van der Waals surface area contributed by atoms with E-state index in [0.29, 0.717) is 5.56 Å². The van der Waals surface area contributed by atoms with Gasteiger partial charge in [0.2, 0.25) is 0 Å². The topological polar surface area (TPSA) is 77.8 Å². The Morgan fingerprint density at radius 3 is 2.50 bits per heavy atom. The minimum absolute atomic E-state index is 0.133. The summed E-state index contributed by atoms with van der Waals surface area (Å²) in [5, 5.41) is 3.14. The molecule has 2 rings (SSSR count).